The van der Waals surface area contributed by atoms with Gasteiger partial charge >= 0.3 is 28.6 Å². The number of carbonyl (C=O) groups is 3. The zero-order valence-corrected chi connectivity index (χ0v) is 17.5. The zero-order chi connectivity index (χ0) is 22.4. The number of urea groups is 1. The van der Waals surface area contributed by atoms with E-state index >= 15 is 0 Å². The molecular formula is C15H22N6O8S. The number of hydrogen-bond donors (Lipinski definition) is 3. The van der Waals surface area contributed by atoms with Gasteiger partial charge in [-0.15, -0.1) is 4.28 Å². The van der Waals surface area contributed by atoms with E-state index in [4.69, 9.17) is 9.29 Å². The van der Waals surface area contributed by atoms with Crippen molar-refractivity contribution in [2.24, 2.45) is 0 Å². The molecule has 0 radical (unpaired) electrons. The van der Waals surface area contributed by atoms with E-state index in [1.165, 1.54) is 18.1 Å². The average Bonchev–Trinajstić information content (AvgIpc) is 3.15. The minimum atomic E-state index is -4.98. The second-order valence-corrected chi connectivity index (χ2v) is 8.65. The van der Waals surface area contributed by atoms with Crippen LogP contribution in [0.3, 0.4) is 0 Å². The molecule has 1 fully saturated rings. The van der Waals surface area contributed by atoms with Crippen molar-refractivity contribution in [3.05, 3.63) is 17.5 Å². The smallest absolute Gasteiger partial charge is 0.418 e. The highest BCUT2D eigenvalue weighted by atomic mass is 32.3. The quantitative estimate of drug-likeness (QED) is 0.545. The van der Waals surface area contributed by atoms with E-state index in [1.807, 2.05) is 0 Å². The van der Waals surface area contributed by atoms with E-state index in [2.05, 4.69) is 20.0 Å². The predicted molar refractivity (Wildman–Crippen MR) is 98.4 cm³/mol. The molecule has 3 heterocycles. The van der Waals surface area contributed by atoms with Crippen molar-refractivity contribution in [3.8, 4) is 0 Å². The Hall–Kier alpha value is -2.91. The third-order valence-electron chi connectivity index (χ3n) is 4.35. The lowest BCUT2D eigenvalue weighted by Crippen LogP contribution is -2.42. The normalized spacial score (nSPS) is 20.8. The lowest BCUT2D eigenvalue weighted by atomic mass is 9.98. The molecule has 14 nitrogen and oxygen atoms in total. The van der Waals surface area contributed by atoms with Gasteiger partial charge in [0.1, 0.15) is 11.6 Å². The molecule has 2 atom stereocenters. The summed E-state index contributed by atoms with van der Waals surface area (Å²) in [4.78, 5) is 37.9. The van der Waals surface area contributed by atoms with Crippen LogP contribution < -0.4 is 10.6 Å². The Balaban J connectivity index is 1.93. The van der Waals surface area contributed by atoms with E-state index in [0.717, 1.165) is 4.68 Å². The molecule has 166 valence electrons. The van der Waals surface area contributed by atoms with Gasteiger partial charge in [-0.2, -0.15) is 23.3 Å². The molecule has 0 spiro atoms. The highest BCUT2D eigenvalue weighted by Gasteiger charge is 2.51. The van der Waals surface area contributed by atoms with Gasteiger partial charge in [0.05, 0.1) is 18.3 Å². The Morgan fingerprint density at radius 3 is 2.60 bits per heavy atom. The fraction of sp³-hybridized carbons (Fsp3) is 0.600. The van der Waals surface area contributed by atoms with E-state index in [-0.39, 0.29) is 18.8 Å². The summed E-state index contributed by atoms with van der Waals surface area (Å²) in [5.74, 6) is 0. The highest BCUT2D eigenvalue weighted by molar-refractivity contribution is 7.80. The topological polar surface area (TPSA) is 172 Å². The van der Waals surface area contributed by atoms with Crippen molar-refractivity contribution >= 4 is 28.6 Å². The predicted octanol–water partition coefficient (Wildman–Crippen LogP) is 0.163. The first-order valence-electron chi connectivity index (χ1n) is 8.86. The molecule has 30 heavy (non-hydrogen) atoms. The van der Waals surface area contributed by atoms with Crippen LogP contribution in [0.1, 0.15) is 44.1 Å². The first kappa shape index (κ1) is 21.8. The fourth-order valence-corrected chi connectivity index (χ4v) is 3.62. The zero-order valence-electron chi connectivity index (χ0n) is 16.6. The number of amides is 4. The molecule has 2 aliphatic rings. The third-order valence-corrected chi connectivity index (χ3v) is 4.69. The molecule has 3 rings (SSSR count). The summed E-state index contributed by atoms with van der Waals surface area (Å²) in [6.45, 7) is 4.94. The Morgan fingerprint density at radius 2 is 2.03 bits per heavy atom. The van der Waals surface area contributed by atoms with Crippen LogP contribution in [0.2, 0.25) is 0 Å². The van der Waals surface area contributed by atoms with E-state index in [1.54, 1.807) is 20.8 Å². The number of alkyl carbamates (subject to hydrolysis) is 1. The molecule has 2 aliphatic heterocycles. The molecule has 3 N–H and O–H groups in total. The van der Waals surface area contributed by atoms with Crippen LogP contribution in [0.25, 0.3) is 0 Å². The van der Waals surface area contributed by atoms with Crippen molar-refractivity contribution in [2.45, 2.75) is 38.5 Å². The maximum absolute atomic E-state index is 12.7. The Kier molecular flexibility index (Phi) is 5.38. The summed E-state index contributed by atoms with van der Waals surface area (Å²) in [7, 11) is -3.58. The van der Waals surface area contributed by atoms with Crippen LogP contribution in [0.4, 0.5) is 14.4 Å². The largest absolute Gasteiger partial charge is 0.444 e. The number of rotatable bonds is 4. The van der Waals surface area contributed by atoms with Gasteiger partial charge in [0.15, 0.2) is 0 Å². The number of hydrogen-bond acceptors (Lipinski definition) is 8. The summed E-state index contributed by atoms with van der Waals surface area (Å²) in [6, 6.07) is -3.19. The Morgan fingerprint density at radius 1 is 1.37 bits per heavy atom. The molecule has 1 aromatic rings. The van der Waals surface area contributed by atoms with Crippen LogP contribution in [0.5, 0.6) is 0 Å². The molecule has 0 saturated carbocycles. The maximum Gasteiger partial charge on any atom is 0.418 e. The second-order valence-electron chi connectivity index (χ2n) is 7.65. The van der Waals surface area contributed by atoms with Gasteiger partial charge in [-0.05, 0) is 20.8 Å². The summed E-state index contributed by atoms with van der Waals surface area (Å²) in [5, 5.41) is 9.61. The molecule has 2 bridgehead atoms. The molecule has 0 aliphatic carbocycles. The lowest BCUT2D eigenvalue weighted by Gasteiger charge is -2.30. The van der Waals surface area contributed by atoms with Crippen molar-refractivity contribution in [1.29, 1.82) is 0 Å². The van der Waals surface area contributed by atoms with Gasteiger partial charge in [0.2, 0.25) is 0 Å². The molecule has 0 aromatic carbocycles. The third kappa shape index (κ3) is 4.31. The number of fused-ring (bicyclic) bond motifs is 4. The van der Waals surface area contributed by atoms with Crippen LogP contribution in [0.15, 0.2) is 6.20 Å². The first-order chi connectivity index (χ1) is 13.8. The van der Waals surface area contributed by atoms with Crippen molar-refractivity contribution in [2.75, 3.05) is 20.1 Å². The number of aromatic nitrogens is 2. The second kappa shape index (κ2) is 7.41. The summed E-state index contributed by atoms with van der Waals surface area (Å²) in [6.07, 6.45) is 0.602. The Labute approximate surface area is 172 Å². The minimum absolute atomic E-state index is 0.0124. The number of hydroxylamine groups is 2. The molecule has 0 unspecified atom stereocenters. The monoisotopic (exact) mass is 446 g/mol. The molecule has 15 heteroatoms. The van der Waals surface area contributed by atoms with Crippen LogP contribution in [-0.4, -0.2) is 76.6 Å². The highest BCUT2D eigenvalue weighted by Crippen LogP contribution is 2.43. The number of carbonyl (C=O) groups excluding carboxylic acids is 3. The standard InChI is InChI=1S/C15H22N6O8S/c1-15(2,3)28-13(23)17-5-9-11-8(6-20(18-11)12(22)16-4)10-7-19(9)14(24)21(10)29-30(25,26)27/h6,9-10H,5,7H2,1-4H3,(H,16,22)(H,17,23)(H,25,26,27)/t9-,10-/m1/s1. The van der Waals surface area contributed by atoms with E-state index in [0.29, 0.717) is 10.6 Å². The van der Waals surface area contributed by atoms with Crippen LogP contribution in [-0.2, 0) is 19.4 Å². The maximum atomic E-state index is 12.7. The van der Waals surface area contributed by atoms with Gasteiger partial charge < -0.3 is 20.3 Å². The summed E-state index contributed by atoms with van der Waals surface area (Å²) in [5.41, 5.74) is -0.141. The molecule has 1 aromatic heterocycles. The number of ether oxygens (including phenoxy) is 1. The fourth-order valence-electron chi connectivity index (χ4n) is 3.25. The van der Waals surface area contributed by atoms with Gasteiger partial charge in [-0.3, -0.25) is 4.55 Å². The number of nitrogens with zero attached hydrogens (tertiary/aromatic N) is 4. The molecular weight excluding hydrogens is 424 g/mol. The summed E-state index contributed by atoms with van der Waals surface area (Å²) < 4.78 is 42.0. The van der Waals surface area contributed by atoms with E-state index < -0.39 is 46.2 Å². The van der Waals surface area contributed by atoms with Gasteiger partial charge in [0.25, 0.3) is 0 Å². The van der Waals surface area contributed by atoms with Gasteiger partial charge in [0, 0.05) is 25.4 Å². The lowest BCUT2D eigenvalue weighted by molar-refractivity contribution is -0.0317. The van der Waals surface area contributed by atoms with Crippen LogP contribution in [0, 0.1) is 0 Å². The van der Waals surface area contributed by atoms with Crippen molar-refractivity contribution < 1.29 is 36.4 Å². The first-order valence-corrected chi connectivity index (χ1v) is 10.2. The average molecular weight is 446 g/mol. The molecule has 1 saturated heterocycles. The van der Waals surface area contributed by atoms with E-state index in [9.17, 15) is 22.8 Å². The SMILES string of the molecule is CNC(=O)n1cc2c(n1)[C@@H](CNC(=O)OC(C)(C)C)N1C[C@H]2N(OS(=O)(=O)O)C1=O. The number of nitrogens with one attached hydrogen (secondary N) is 2. The molecule has 4 amide bonds. The van der Waals surface area contributed by atoms with Crippen molar-refractivity contribution in [1.82, 2.24) is 30.4 Å². The van der Waals surface area contributed by atoms with Gasteiger partial charge in [-0.1, -0.05) is 0 Å². The van der Waals surface area contributed by atoms with Crippen LogP contribution >= 0.6 is 0 Å². The minimum Gasteiger partial charge on any atom is -0.444 e. The van der Waals surface area contributed by atoms with Crippen molar-refractivity contribution in [3.63, 3.8) is 0 Å². The summed E-state index contributed by atoms with van der Waals surface area (Å²) >= 11 is 0. The van der Waals surface area contributed by atoms with Gasteiger partial charge in [-0.25, -0.2) is 14.4 Å². The Bertz CT molecular complexity index is 984.